The van der Waals surface area contributed by atoms with Gasteiger partial charge in [0.05, 0.1) is 18.2 Å². The molecule has 0 fully saturated rings. The Morgan fingerprint density at radius 2 is 2.11 bits per heavy atom. The normalized spacial score (nSPS) is 11.1. The first-order valence-electron chi connectivity index (χ1n) is 6.52. The monoisotopic (exact) mass is 247 g/mol. The summed E-state index contributed by atoms with van der Waals surface area (Å²) in [5.41, 5.74) is 8.06. The van der Waals surface area contributed by atoms with E-state index in [1.165, 1.54) is 0 Å². The van der Waals surface area contributed by atoms with Gasteiger partial charge in [-0.1, -0.05) is 13.3 Å². The quantitative estimate of drug-likeness (QED) is 0.882. The van der Waals surface area contributed by atoms with Crippen molar-refractivity contribution < 1.29 is 0 Å². The molecule has 18 heavy (non-hydrogen) atoms. The Morgan fingerprint density at radius 3 is 2.78 bits per heavy atom. The molecule has 2 rings (SSSR count). The second-order valence-corrected chi connectivity index (χ2v) is 4.46. The van der Waals surface area contributed by atoms with Gasteiger partial charge in [0.25, 0.3) is 0 Å². The molecule has 0 spiro atoms. The second-order valence-electron chi connectivity index (χ2n) is 4.46. The van der Waals surface area contributed by atoms with Crippen molar-refractivity contribution in [2.75, 3.05) is 5.73 Å². The smallest absolute Gasteiger partial charge is 0.133 e. The minimum absolute atomic E-state index is 0.746. The minimum atomic E-state index is 0.746. The molecule has 2 aromatic rings. The van der Waals surface area contributed by atoms with E-state index in [1.807, 2.05) is 19.4 Å². The summed E-state index contributed by atoms with van der Waals surface area (Å²) in [6.45, 7) is 8.07. The third kappa shape index (κ3) is 2.12. The van der Waals surface area contributed by atoms with Gasteiger partial charge in [-0.2, -0.15) is 0 Å². The molecule has 0 saturated heterocycles. The number of rotatable bonds is 5. The van der Waals surface area contributed by atoms with Crippen molar-refractivity contribution in [3.05, 3.63) is 18.3 Å². The predicted octanol–water partition coefficient (Wildman–Crippen LogP) is 2.46. The van der Waals surface area contributed by atoms with Gasteiger partial charge < -0.3 is 14.9 Å². The largest absolute Gasteiger partial charge is 0.383 e. The summed E-state index contributed by atoms with van der Waals surface area (Å²) in [7, 11) is 0. The van der Waals surface area contributed by atoms with E-state index in [1.54, 1.807) is 0 Å². The van der Waals surface area contributed by atoms with E-state index in [4.69, 9.17) is 5.73 Å². The maximum Gasteiger partial charge on any atom is 0.133 e. The highest BCUT2D eigenvalue weighted by molar-refractivity contribution is 5.67. The Labute approximate surface area is 108 Å². The Morgan fingerprint density at radius 1 is 1.33 bits per heavy atom. The van der Waals surface area contributed by atoms with Crippen LogP contribution in [0.25, 0.3) is 11.4 Å². The fourth-order valence-electron chi connectivity index (χ4n) is 2.14. The number of hydrogen-bond donors (Lipinski definition) is 1. The van der Waals surface area contributed by atoms with Crippen molar-refractivity contribution in [1.82, 2.24) is 19.1 Å². The summed E-state index contributed by atoms with van der Waals surface area (Å²) in [6, 6.07) is 0. The molecule has 0 aliphatic rings. The molecule has 2 heterocycles. The number of aromatic nitrogens is 4. The van der Waals surface area contributed by atoms with Crippen LogP contribution in [-0.2, 0) is 13.1 Å². The van der Waals surface area contributed by atoms with Crippen LogP contribution in [0.4, 0.5) is 5.82 Å². The molecule has 5 heteroatoms. The second kappa shape index (κ2) is 5.25. The molecule has 0 bridgehead atoms. The summed E-state index contributed by atoms with van der Waals surface area (Å²) in [5, 5.41) is 0. The first-order chi connectivity index (χ1) is 8.69. The first kappa shape index (κ1) is 12.7. The highest BCUT2D eigenvalue weighted by Crippen LogP contribution is 2.26. The lowest BCUT2D eigenvalue weighted by atomic mass is 10.3. The van der Waals surface area contributed by atoms with E-state index < -0.39 is 0 Å². The van der Waals surface area contributed by atoms with Gasteiger partial charge >= 0.3 is 0 Å². The highest BCUT2D eigenvalue weighted by Gasteiger charge is 2.16. The Balaban J connectivity index is 2.40. The van der Waals surface area contributed by atoms with Crippen molar-refractivity contribution in [2.45, 2.75) is 46.7 Å². The van der Waals surface area contributed by atoms with Gasteiger partial charge in [-0.05, 0) is 20.3 Å². The van der Waals surface area contributed by atoms with Crippen LogP contribution >= 0.6 is 0 Å². The van der Waals surface area contributed by atoms with E-state index in [2.05, 4.69) is 32.9 Å². The zero-order chi connectivity index (χ0) is 13.1. The number of aryl methyl sites for hydroxylation is 2. The summed E-state index contributed by atoms with van der Waals surface area (Å²) in [4.78, 5) is 8.76. The highest BCUT2D eigenvalue weighted by atomic mass is 15.2. The van der Waals surface area contributed by atoms with Gasteiger partial charge in [-0.3, -0.25) is 0 Å². The molecule has 2 N–H and O–H groups in total. The van der Waals surface area contributed by atoms with E-state index in [-0.39, 0.29) is 0 Å². The fraction of sp³-hybridized carbons (Fsp3) is 0.538. The lowest BCUT2D eigenvalue weighted by Gasteiger charge is -2.07. The third-order valence-corrected chi connectivity index (χ3v) is 3.23. The lowest BCUT2D eigenvalue weighted by Crippen LogP contribution is -2.05. The van der Waals surface area contributed by atoms with Gasteiger partial charge in [0.1, 0.15) is 17.3 Å². The molecule has 0 aliphatic carbocycles. The van der Waals surface area contributed by atoms with Gasteiger partial charge in [0.2, 0.25) is 0 Å². The van der Waals surface area contributed by atoms with Crippen LogP contribution in [0.1, 0.15) is 32.5 Å². The van der Waals surface area contributed by atoms with Crippen LogP contribution in [0.15, 0.2) is 12.5 Å². The van der Waals surface area contributed by atoms with Crippen molar-refractivity contribution in [3.8, 4) is 11.4 Å². The molecule has 0 aromatic carbocycles. The number of nitrogen functional groups attached to an aromatic ring is 1. The van der Waals surface area contributed by atoms with Crippen LogP contribution in [0.5, 0.6) is 0 Å². The molecular weight excluding hydrogens is 226 g/mol. The van der Waals surface area contributed by atoms with Gasteiger partial charge in [-0.25, -0.2) is 9.97 Å². The zero-order valence-corrected chi connectivity index (χ0v) is 11.3. The van der Waals surface area contributed by atoms with Crippen LogP contribution in [0, 0.1) is 6.92 Å². The number of hydrogen-bond acceptors (Lipinski definition) is 3. The zero-order valence-electron chi connectivity index (χ0n) is 11.3. The summed E-state index contributed by atoms with van der Waals surface area (Å²) in [6.07, 6.45) is 5.91. The molecule has 0 unspecified atom stereocenters. The number of unbranched alkanes of at least 4 members (excludes halogenated alkanes) is 1. The lowest BCUT2D eigenvalue weighted by molar-refractivity contribution is 0.622. The molecule has 0 atom stereocenters. The van der Waals surface area contributed by atoms with Crippen molar-refractivity contribution >= 4 is 5.82 Å². The van der Waals surface area contributed by atoms with E-state index in [9.17, 15) is 0 Å². The average molecular weight is 247 g/mol. The van der Waals surface area contributed by atoms with Crippen LogP contribution in [-0.4, -0.2) is 19.1 Å². The maximum atomic E-state index is 6.22. The summed E-state index contributed by atoms with van der Waals surface area (Å²) < 4.78 is 4.15. The molecule has 0 saturated carbocycles. The topological polar surface area (TPSA) is 61.7 Å². The van der Waals surface area contributed by atoms with E-state index in [0.717, 1.165) is 49.0 Å². The number of nitrogens with zero attached hydrogens (tertiary/aromatic N) is 4. The van der Waals surface area contributed by atoms with E-state index >= 15 is 0 Å². The first-order valence-corrected chi connectivity index (χ1v) is 6.52. The minimum Gasteiger partial charge on any atom is -0.383 e. The standard InChI is InChI=1S/C13H21N5/c1-4-6-7-18-10(3)16-12(13(18)14)11-8-15-9-17(11)5-2/h8-9H,4-7,14H2,1-3H3. The van der Waals surface area contributed by atoms with Crippen molar-refractivity contribution in [3.63, 3.8) is 0 Å². The molecule has 0 amide bonds. The Kier molecular flexibility index (Phi) is 3.69. The van der Waals surface area contributed by atoms with E-state index in [0.29, 0.717) is 0 Å². The number of nitrogens with two attached hydrogens (primary N) is 1. The Bertz CT molecular complexity index is 523. The van der Waals surface area contributed by atoms with Crippen molar-refractivity contribution in [2.24, 2.45) is 0 Å². The van der Waals surface area contributed by atoms with Gasteiger partial charge in [-0.15, -0.1) is 0 Å². The summed E-state index contributed by atoms with van der Waals surface area (Å²) in [5.74, 6) is 1.72. The molecule has 5 nitrogen and oxygen atoms in total. The maximum absolute atomic E-state index is 6.22. The Hall–Kier alpha value is -1.78. The average Bonchev–Trinajstić information content (AvgIpc) is 2.93. The number of anilines is 1. The fourth-order valence-corrected chi connectivity index (χ4v) is 2.14. The van der Waals surface area contributed by atoms with Crippen LogP contribution in [0.3, 0.4) is 0 Å². The SMILES string of the molecule is CCCCn1c(C)nc(-c2cncn2CC)c1N. The summed E-state index contributed by atoms with van der Waals surface area (Å²) >= 11 is 0. The van der Waals surface area contributed by atoms with Crippen molar-refractivity contribution in [1.29, 1.82) is 0 Å². The van der Waals surface area contributed by atoms with Gasteiger partial charge in [0.15, 0.2) is 0 Å². The molecule has 98 valence electrons. The molecular formula is C13H21N5. The van der Waals surface area contributed by atoms with Gasteiger partial charge in [0, 0.05) is 13.1 Å². The third-order valence-electron chi connectivity index (χ3n) is 3.23. The molecule has 2 aromatic heterocycles. The number of imidazole rings is 2. The van der Waals surface area contributed by atoms with Crippen LogP contribution in [0.2, 0.25) is 0 Å². The predicted molar refractivity (Wildman–Crippen MR) is 73.2 cm³/mol. The van der Waals surface area contributed by atoms with Crippen LogP contribution < -0.4 is 5.73 Å². The molecule has 0 aliphatic heterocycles. The molecule has 0 radical (unpaired) electrons.